The van der Waals surface area contributed by atoms with Gasteiger partial charge in [0.25, 0.3) is 0 Å². The van der Waals surface area contributed by atoms with E-state index in [1.54, 1.807) is 0 Å². The maximum Gasteiger partial charge on any atom is 0.191 e. The lowest BCUT2D eigenvalue weighted by molar-refractivity contribution is 0.0131. The summed E-state index contributed by atoms with van der Waals surface area (Å²) < 4.78 is 0. The molecule has 0 radical (unpaired) electrons. The van der Waals surface area contributed by atoms with E-state index in [2.05, 4.69) is 36.3 Å². The van der Waals surface area contributed by atoms with Crippen LogP contribution < -0.4 is 10.6 Å². The average molecular weight is 339 g/mol. The van der Waals surface area contributed by atoms with Gasteiger partial charge in [-0.3, -0.25) is 4.99 Å². The highest BCUT2D eigenvalue weighted by molar-refractivity contribution is 5.80. The van der Waals surface area contributed by atoms with Crippen LogP contribution in [0, 0.1) is 5.92 Å². The lowest BCUT2D eigenvalue weighted by Gasteiger charge is -2.34. The first-order valence-corrected chi connectivity index (χ1v) is 10.0. The Hall–Kier alpha value is -0.810. The molecule has 2 rings (SSSR count). The minimum atomic E-state index is -0.582. The topological polar surface area (TPSA) is 59.9 Å². The molecule has 0 aromatic rings. The third-order valence-electron chi connectivity index (χ3n) is 5.21. The summed E-state index contributed by atoms with van der Waals surface area (Å²) >= 11 is 0. The summed E-state index contributed by atoms with van der Waals surface area (Å²) in [7, 11) is 0. The number of hydrogen-bond donors (Lipinski definition) is 3. The third kappa shape index (κ3) is 6.60. The van der Waals surface area contributed by atoms with E-state index >= 15 is 0 Å². The molecule has 1 heterocycles. The first kappa shape index (κ1) is 19.5. The first-order valence-electron chi connectivity index (χ1n) is 10.0. The molecular formula is C19H38N4O. The fraction of sp³-hybridized carbons (Fsp3) is 0.947. The van der Waals surface area contributed by atoms with Crippen molar-refractivity contribution in [2.45, 2.75) is 77.4 Å². The van der Waals surface area contributed by atoms with Gasteiger partial charge in [-0.2, -0.15) is 0 Å². The Labute approximate surface area is 148 Å². The standard InChI is InChI=1S/C19H38N4O/c1-4-20-18(21-15-19(24)10-6-5-7-11-19)22-17-8-12-23(13-9-17)14-16(2)3/h16-17,24H,4-15H2,1-3H3,(H2,20,21,22). The predicted molar refractivity (Wildman–Crippen MR) is 101 cm³/mol. The molecule has 5 heteroatoms. The number of hydrogen-bond acceptors (Lipinski definition) is 3. The zero-order valence-electron chi connectivity index (χ0n) is 16.0. The zero-order chi connectivity index (χ0) is 17.4. The van der Waals surface area contributed by atoms with E-state index in [1.807, 2.05) is 0 Å². The third-order valence-corrected chi connectivity index (χ3v) is 5.21. The summed E-state index contributed by atoms with van der Waals surface area (Å²) in [5, 5.41) is 17.6. The Morgan fingerprint density at radius 2 is 1.88 bits per heavy atom. The van der Waals surface area contributed by atoms with E-state index < -0.39 is 5.60 Å². The molecule has 1 aliphatic heterocycles. The molecule has 0 spiro atoms. The van der Waals surface area contributed by atoms with Gasteiger partial charge in [0.05, 0.1) is 12.1 Å². The van der Waals surface area contributed by atoms with Crippen LogP contribution in [0.1, 0.15) is 65.7 Å². The molecule has 0 unspecified atom stereocenters. The molecule has 140 valence electrons. The second-order valence-electron chi connectivity index (χ2n) is 8.09. The van der Waals surface area contributed by atoms with Crippen molar-refractivity contribution in [2.75, 3.05) is 32.7 Å². The molecule has 0 aromatic carbocycles. The number of piperidine rings is 1. The van der Waals surface area contributed by atoms with Crippen molar-refractivity contribution in [1.29, 1.82) is 0 Å². The molecule has 24 heavy (non-hydrogen) atoms. The maximum atomic E-state index is 10.6. The quantitative estimate of drug-likeness (QED) is 0.514. The summed E-state index contributed by atoms with van der Waals surface area (Å²) in [6.45, 7) is 11.6. The first-order chi connectivity index (χ1) is 11.5. The minimum absolute atomic E-state index is 0.493. The molecule has 0 aromatic heterocycles. The Morgan fingerprint density at radius 1 is 1.21 bits per heavy atom. The molecule has 5 nitrogen and oxygen atoms in total. The number of guanidine groups is 1. The smallest absolute Gasteiger partial charge is 0.191 e. The van der Waals surface area contributed by atoms with Gasteiger partial charge in [0, 0.05) is 32.2 Å². The summed E-state index contributed by atoms with van der Waals surface area (Å²) in [5.74, 6) is 1.61. The van der Waals surface area contributed by atoms with Crippen molar-refractivity contribution < 1.29 is 5.11 Å². The van der Waals surface area contributed by atoms with Crippen LogP contribution in [0.15, 0.2) is 4.99 Å². The van der Waals surface area contributed by atoms with Crippen LogP contribution in [0.5, 0.6) is 0 Å². The fourth-order valence-electron chi connectivity index (χ4n) is 3.88. The fourth-order valence-corrected chi connectivity index (χ4v) is 3.88. The number of aliphatic imine (C=N–C) groups is 1. The van der Waals surface area contributed by atoms with Gasteiger partial charge in [-0.25, -0.2) is 0 Å². The Kier molecular flexibility index (Phi) is 7.82. The molecule has 0 amide bonds. The van der Waals surface area contributed by atoms with Crippen LogP contribution in [0.2, 0.25) is 0 Å². The van der Waals surface area contributed by atoms with E-state index in [9.17, 15) is 5.11 Å². The van der Waals surface area contributed by atoms with Crippen molar-refractivity contribution in [3.05, 3.63) is 0 Å². The van der Waals surface area contributed by atoms with Crippen LogP contribution in [0.3, 0.4) is 0 Å². The number of rotatable bonds is 6. The van der Waals surface area contributed by atoms with Gasteiger partial charge in [0.2, 0.25) is 0 Å². The SMILES string of the molecule is CCNC(=NCC1(O)CCCCC1)NC1CCN(CC(C)C)CC1. The molecule has 1 saturated carbocycles. The average Bonchev–Trinajstić information content (AvgIpc) is 2.55. The zero-order valence-corrected chi connectivity index (χ0v) is 16.0. The summed E-state index contributed by atoms with van der Waals surface area (Å²) in [5.41, 5.74) is -0.582. The number of nitrogens with one attached hydrogen (secondary N) is 2. The van der Waals surface area contributed by atoms with Crippen molar-refractivity contribution >= 4 is 5.96 Å². The Balaban J connectivity index is 1.81. The summed E-state index contributed by atoms with van der Waals surface area (Å²) in [6, 6.07) is 0.493. The van der Waals surface area contributed by atoms with Gasteiger partial charge in [-0.15, -0.1) is 0 Å². The normalized spacial score (nSPS) is 23.5. The minimum Gasteiger partial charge on any atom is -0.388 e. The molecular weight excluding hydrogens is 300 g/mol. The second-order valence-corrected chi connectivity index (χ2v) is 8.09. The van der Waals surface area contributed by atoms with Crippen LogP contribution in [0.4, 0.5) is 0 Å². The summed E-state index contributed by atoms with van der Waals surface area (Å²) in [6.07, 6.45) is 7.63. The van der Waals surface area contributed by atoms with Crippen molar-refractivity contribution in [1.82, 2.24) is 15.5 Å². The van der Waals surface area contributed by atoms with Crippen molar-refractivity contribution in [2.24, 2.45) is 10.9 Å². The largest absolute Gasteiger partial charge is 0.388 e. The molecule has 2 fully saturated rings. The molecule has 0 atom stereocenters. The van der Waals surface area contributed by atoms with Crippen LogP contribution in [0.25, 0.3) is 0 Å². The molecule has 3 N–H and O–H groups in total. The van der Waals surface area contributed by atoms with Gasteiger partial charge >= 0.3 is 0 Å². The van der Waals surface area contributed by atoms with Crippen molar-refractivity contribution in [3.63, 3.8) is 0 Å². The van der Waals surface area contributed by atoms with Gasteiger partial charge in [-0.1, -0.05) is 33.1 Å². The van der Waals surface area contributed by atoms with Crippen LogP contribution >= 0.6 is 0 Å². The molecule has 1 saturated heterocycles. The van der Waals surface area contributed by atoms with Gasteiger partial charge in [0.1, 0.15) is 0 Å². The maximum absolute atomic E-state index is 10.6. The van der Waals surface area contributed by atoms with Crippen molar-refractivity contribution in [3.8, 4) is 0 Å². The second kappa shape index (κ2) is 9.62. The van der Waals surface area contributed by atoms with E-state index in [0.717, 1.165) is 44.1 Å². The lowest BCUT2D eigenvalue weighted by Crippen LogP contribution is -2.49. The van der Waals surface area contributed by atoms with Crippen LogP contribution in [-0.2, 0) is 0 Å². The van der Waals surface area contributed by atoms with Crippen LogP contribution in [-0.4, -0.2) is 60.3 Å². The van der Waals surface area contributed by atoms with Gasteiger partial charge in [0.15, 0.2) is 5.96 Å². The van der Waals surface area contributed by atoms with E-state index in [4.69, 9.17) is 4.99 Å². The van der Waals surface area contributed by atoms with E-state index in [1.165, 1.54) is 38.9 Å². The summed E-state index contributed by atoms with van der Waals surface area (Å²) in [4.78, 5) is 7.27. The number of likely N-dealkylation sites (tertiary alicyclic amines) is 1. The van der Waals surface area contributed by atoms with E-state index in [-0.39, 0.29) is 0 Å². The number of aliphatic hydroxyl groups is 1. The monoisotopic (exact) mass is 338 g/mol. The highest BCUT2D eigenvalue weighted by Gasteiger charge is 2.29. The Bertz CT molecular complexity index is 383. The Morgan fingerprint density at radius 3 is 2.46 bits per heavy atom. The predicted octanol–water partition coefficient (Wildman–Crippen LogP) is 2.36. The van der Waals surface area contributed by atoms with Gasteiger partial charge in [-0.05, 0) is 38.5 Å². The highest BCUT2D eigenvalue weighted by Crippen LogP contribution is 2.28. The lowest BCUT2D eigenvalue weighted by atomic mass is 9.85. The molecule has 2 aliphatic rings. The highest BCUT2D eigenvalue weighted by atomic mass is 16.3. The molecule has 0 bridgehead atoms. The van der Waals surface area contributed by atoms with Gasteiger partial charge < -0.3 is 20.6 Å². The number of nitrogens with zero attached hydrogens (tertiary/aromatic N) is 2. The van der Waals surface area contributed by atoms with E-state index in [0.29, 0.717) is 12.6 Å². The molecule has 1 aliphatic carbocycles.